The van der Waals surface area contributed by atoms with Crippen molar-refractivity contribution >= 4 is 11.4 Å². The molecule has 0 aliphatic carbocycles. The molecular weight excluding hydrogens is 210 g/mol. The quantitative estimate of drug-likeness (QED) is 0.783. The van der Waals surface area contributed by atoms with Crippen molar-refractivity contribution in [3.05, 3.63) is 18.5 Å². The first kappa shape index (κ1) is 13.8. The van der Waals surface area contributed by atoms with Gasteiger partial charge in [-0.15, -0.1) is 0 Å². The van der Waals surface area contributed by atoms with E-state index in [9.17, 15) is 0 Å². The Morgan fingerprint density at radius 3 is 2.59 bits per heavy atom. The maximum atomic E-state index is 4.32. The number of nitrogens with zero attached hydrogens (tertiary/aromatic N) is 2. The van der Waals surface area contributed by atoms with E-state index >= 15 is 0 Å². The molecule has 0 aliphatic rings. The third-order valence-electron chi connectivity index (χ3n) is 2.72. The fourth-order valence-electron chi connectivity index (χ4n) is 1.88. The van der Waals surface area contributed by atoms with E-state index in [-0.39, 0.29) is 0 Å². The van der Waals surface area contributed by atoms with E-state index in [1.807, 2.05) is 12.4 Å². The van der Waals surface area contributed by atoms with Gasteiger partial charge in [-0.25, -0.2) is 0 Å². The molecule has 0 atom stereocenters. The highest BCUT2D eigenvalue weighted by atomic mass is 15.2. The molecule has 0 spiro atoms. The van der Waals surface area contributed by atoms with E-state index in [0.717, 1.165) is 31.6 Å². The lowest BCUT2D eigenvalue weighted by Gasteiger charge is -2.28. The summed E-state index contributed by atoms with van der Waals surface area (Å²) in [5.74, 6) is 0. The van der Waals surface area contributed by atoms with Gasteiger partial charge in [-0.3, -0.25) is 4.98 Å². The minimum atomic E-state index is 0.512. The van der Waals surface area contributed by atoms with Gasteiger partial charge in [0, 0.05) is 19.1 Å². The summed E-state index contributed by atoms with van der Waals surface area (Å²) in [7, 11) is 0. The van der Waals surface area contributed by atoms with Crippen LogP contribution in [0.1, 0.15) is 40.5 Å². The maximum absolute atomic E-state index is 4.32. The third-order valence-corrected chi connectivity index (χ3v) is 2.72. The maximum Gasteiger partial charge on any atom is 0.0575 e. The summed E-state index contributed by atoms with van der Waals surface area (Å²) in [6.07, 6.45) is 6.13. The summed E-state index contributed by atoms with van der Waals surface area (Å²) < 4.78 is 0. The minimum Gasteiger partial charge on any atom is -0.384 e. The zero-order chi connectivity index (χ0) is 12.7. The molecule has 0 unspecified atom stereocenters. The highest BCUT2D eigenvalue weighted by molar-refractivity contribution is 5.56. The number of hydrogen-bond acceptors (Lipinski definition) is 3. The SMILES string of the molecule is CCCNc1cncc(N(CCC)C(C)C)c1. The zero-order valence-corrected chi connectivity index (χ0v) is 11.5. The van der Waals surface area contributed by atoms with E-state index in [4.69, 9.17) is 0 Å². The molecule has 0 saturated heterocycles. The van der Waals surface area contributed by atoms with Crippen molar-refractivity contribution in [2.45, 2.75) is 46.6 Å². The Kier molecular flexibility index (Phi) is 5.81. The van der Waals surface area contributed by atoms with Crippen molar-refractivity contribution < 1.29 is 0 Å². The molecule has 3 heteroatoms. The lowest BCUT2D eigenvalue weighted by atomic mass is 10.2. The van der Waals surface area contributed by atoms with E-state index in [2.05, 4.69) is 49.0 Å². The van der Waals surface area contributed by atoms with Crippen LogP contribution < -0.4 is 10.2 Å². The molecule has 1 aromatic rings. The smallest absolute Gasteiger partial charge is 0.0575 e. The van der Waals surface area contributed by atoms with Crippen LogP contribution in [-0.4, -0.2) is 24.1 Å². The lowest BCUT2D eigenvalue weighted by molar-refractivity contribution is 0.670. The summed E-state index contributed by atoms with van der Waals surface area (Å²) in [5, 5.41) is 3.38. The van der Waals surface area contributed by atoms with Crippen LogP contribution >= 0.6 is 0 Å². The van der Waals surface area contributed by atoms with Gasteiger partial charge in [0.05, 0.1) is 23.8 Å². The van der Waals surface area contributed by atoms with Gasteiger partial charge < -0.3 is 10.2 Å². The van der Waals surface area contributed by atoms with Crippen LogP contribution in [0.25, 0.3) is 0 Å². The fourth-order valence-corrected chi connectivity index (χ4v) is 1.88. The molecule has 0 saturated carbocycles. The highest BCUT2D eigenvalue weighted by Gasteiger charge is 2.10. The normalized spacial score (nSPS) is 10.6. The molecule has 1 N–H and O–H groups in total. The van der Waals surface area contributed by atoms with Crippen LogP contribution in [0.15, 0.2) is 18.5 Å². The van der Waals surface area contributed by atoms with Gasteiger partial charge in [-0.1, -0.05) is 13.8 Å². The number of pyridine rings is 1. The fraction of sp³-hybridized carbons (Fsp3) is 0.643. The molecular formula is C14H25N3. The molecule has 0 aromatic carbocycles. The Morgan fingerprint density at radius 2 is 2.00 bits per heavy atom. The van der Waals surface area contributed by atoms with Crippen molar-refractivity contribution in [1.29, 1.82) is 0 Å². The van der Waals surface area contributed by atoms with Gasteiger partial charge in [0.2, 0.25) is 0 Å². The number of nitrogens with one attached hydrogen (secondary N) is 1. The van der Waals surface area contributed by atoms with Crippen LogP contribution in [0.2, 0.25) is 0 Å². The van der Waals surface area contributed by atoms with Crippen LogP contribution in [0.3, 0.4) is 0 Å². The van der Waals surface area contributed by atoms with E-state index in [1.165, 1.54) is 5.69 Å². The second-order valence-corrected chi connectivity index (χ2v) is 4.65. The summed E-state index contributed by atoms with van der Waals surface area (Å²) in [5.41, 5.74) is 2.33. The predicted octanol–water partition coefficient (Wildman–Crippen LogP) is 3.53. The Bertz CT molecular complexity index is 323. The summed E-state index contributed by atoms with van der Waals surface area (Å²) in [6, 6.07) is 2.70. The second-order valence-electron chi connectivity index (χ2n) is 4.65. The topological polar surface area (TPSA) is 28.2 Å². The zero-order valence-electron chi connectivity index (χ0n) is 11.5. The molecule has 0 fully saturated rings. The predicted molar refractivity (Wildman–Crippen MR) is 75.8 cm³/mol. The second kappa shape index (κ2) is 7.15. The molecule has 0 aliphatic heterocycles. The first-order chi connectivity index (χ1) is 8.19. The van der Waals surface area contributed by atoms with E-state index in [1.54, 1.807) is 0 Å². The number of anilines is 2. The molecule has 0 amide bonds. The largest absolute Gasteiger partial charge is 0.384 e. The standard InChI is InChI=1S/C14H25N3/c1-5-7-16-13-9-14(11-15-10-13)17(8-6-2)12(3)4/h9-12,16H,5-8H2,1-4H3. The van der Waals surface area contributed by atoms with Crippen molar-refractivity contribution in [2.24, 2.45) is 0 Å². The molecule has 3 nitrogen and oxygen atoms in total. The molecule has 0 radical (unpaired) electrons. The van der Waals surface area contributed by atoms with Crippen molar-refractivity contribution in [1.82, 2.24) is 4.98 Å². The van der Waals surface area contributed by atoms with Gasteiger partial charge in [0.25, 0.3) is 0 Å². The van der Waals surface area contributed by atoms with Crippen LogP contribution in [0.5, 0.6) is 0 Å². The van der Waals surface area contributed by atoms with Gasteiger partial charge in [-0.05, 0) is 32.8 Å². The van der Waals surface area contributed by atoms with Gasteiger partial charge in [0.15, 0.2) is 0 Å². The average molecular weight is 235 g/mol. The Labute approximate surface area is 105 Å². The average Bonchev–Trinajstić information content (AvgIpc) is 2.33. The summed E-state index contributed by atoms with van der Waals surface area (Å²) in [4.78, 5) is 6.71. The Morgan fingerprint density at radius 1 is 1.24 bits per heavy atom. The molecule has 1 aromatic heterocycles. The van der Waals surface area contributed by atoms with Gasteiger partial charge in [-0.2, -0.15) is 0 Å². The highest BCUT2D eigenvalue weighted by Crippen LogP contribution is 2.20. The molecule has 17 heavy (non-hydrogen) atoms. The lowest BCUT2D eigenvalue weighted by Crippen LogP contribution is -2.31. The number of aromatic nitrogens is 1. The Hall–Kier alpha value is -1.25. The van der Waals surface area contributed by atoms with Crippen LogP contribution in [0, 0.1) is 0 Å². The summed E-state index contributed by atoms with van der Waals surface area (Å²) >= 11 is 0. The number of hydrogen-bond donors (Lipinski definition) is 1. The Balaban J connectivity index is 2.80. The van der Waals surface area contributed by atoms with Crippen molar-refractivity contribution in [3.63, 3.8) is 0 Å². The molecule has 0 bridgehead atoms. The van der Waals surface area contributed by atoms with Gasteiger partial charge in [0.1, 0.15) is 0 Å². The first-order valence-electron chi connectivity index (χ1n) is 6.64. The van der Waals surface area contributed by atoms with Gasteiger partial charge >= 0.3 is 0 Å². The van der Waals surface area contributed by atoms with Crippen LogP contribution in [-0.2, 0) is 0 Å². The van der Waals surface area contributed by atoms with Crippen molar-refractivity contribution in [2.75, 3.05) is 23.3 Å². The molecule has 96 valence electrons. The summed E-state index contributed by atoms with van der Waals surface area (Å²) in [6.45, 7) is 10.9. The molecule has 1 heterocycles. The number of rotatable bonds is 7. The first-order valence-corrected chi connectivity index (χ1v) is 6.64. The minimum absolute atomic E-state index is 0.512. The monoisotopic (exact) mass is 235 g/mol. The van der Waals surface area contributed by atoms with Crippen LogP contribution in [0.4, 0.5) is 11.4 Å². The van der Waals surface area contributed by atoms with E-state index < -0.39 is 0 Å². The van der Waals surface area contributed by atoms with E-state index in [0.29, 0.717) is 6.04 Å². The third kappa shape index (κ3) is 4.25. The molecule has 1 rings (SSSR count). The van der Waals surface area contributed by atoms with Crippen molar-refractivity contribution in [3.8, 4) is 0 Å².